The van der Waals surface area contributed by atoms with Crippen molar-refractivity contribution in [1.29, 1.82) is 0 Å². The van der Waals surface area contributed by atoms with Crippen LogP contribution in [0.5, 0.6) is 0 Å². The molecule has 2 heterocycles. The number of hydrogen-bond acceptors (Lipinski definition) is 5. The minimum Gasteiger partial charge on any atom is -0.449 e. The zero-order chi connectivity index (χ0) is 23.5. The van der Waals surface area contributed by atoms with Crippen LogP contribution in [-0.2, 0) is 9.16 Å². The van der Waals surface area contributed by atoms with Gasteiger partial charge in [-0.15, -0.1) is 0 Å². The number of aliphatic hydroxyl groups excluding tert-OH is 1. The fraction of sp³-hybridized carbons (Fsp3) is 0.800. The van der Waals surface area contributed by atoms with Crippen molar-refractivity contribution in [2.75, 3.05) is 6.61 Å². The molecule has 5 atom stereocenters. The zero-order valence-electron chi connectivity index (χ0n) is 21.3. The Hall–Kier alpha value is -0.953. The third-order valence-electron chi connectivity index (χ3n) is 7.34. The summed E-state index contributed by atoms with van der Waals surface area (Å²) in [5.74, 6) is 1.09. The molecule has 178 valence electrons. The van der Waals surface area contributed by atoms with Gasteiger partial charge in [0.25, 0.3) is 0 Å². The molecular weight excluding hydrogens is 406 g/mol. The Bertz CT molecular complexity index is 705. The number of hydrogen-bond donors (Lipinski definition) is 1. The van der Waals surface area contributed by atoms with Crippen LogP contribution in [0.4, 0.5) is 0 Å². The lowest BCUT2D eigenvalue weighted by atomic mass is 9.80. The van der Waals surface area contributed by atoms with Gasteiger partial charge in [0, 0.05) is 25.4 Å². The van der Waals surface area contributed by atoms with E-state index in [-0.39, 0.29) is 36.8 Å². The van der Waals surface area contributed by atoms with Crippen LogP contribution in [0.1, 0.15) is 80.3 Å². The van der Waals surface area contributed by atoms with Crippen molar-refractivity contribution in [2.24, 2.45) is 11.8 Å². The predicted octanol–water partition coefficient (Wildman–Crippen LogP) is 6.37. The molecule has 0 unspecified atom stereocenters. The van der Waals surface area contributed by atoms with Crippen molar-refractivity contribution in [3.63, 3.8) is 0 Å². The van der Waals surface area contributed by atoms with Crippen LogP contribution < -0.4 is 0 Å². The molecule has 0 spiro atoms. The van der Waals surface area contributed by atoms with E-state index in [0.29, 0.717) is 28.9 Å². The Balaban J connectivity index is 2.43. The summed E-state index contributed by atoms with van der Waals surface area (Å²) in [6, 6.07) is 0. The number of aromatic nitrogens is 1. The second-order valence-corrected chi connectivity index (χ2v) is 15.8. The first-order valence-electron chi connectivity index (χ1n) is 12.0. The highest BCUT2D eigenvalue weighted by atomic mass is 28.4. The normalized spacial score (nSPS) is 28.2. The van der Waals surface area contributed by atoms with Gasteiger partial charge in [-0.05, 0) is 41.6 Å². The second kappa shape index (κ2) is 10.8. The van der Waals surface area contributed by atoms with Crippen LogP contribution in [-0.4, -0.2) is 43.3 Å². The molecule has 1 aromatic rings. The van der Waals surface area contributed by atoms with Crippen LogP contribution >= 0.6 is 0 Å². The van der Waals surface area contributed by atoms with E-state index in [4.69, 9.17) is 13.6 Å². The Morgan fingerprint density at radius 3 is 2.16 bits per heavy atom. The summed E-state index contributed by atoms with van der Waals surface area (Å²) in [4.78, 5) is 4.43. The highest BCUT2D eigenvalue weighted by Gasteiger charge is 2.51. The SMILES string of the molecule is C/C(=C\c1coc(C)n1)[C@@H]1O[C@H](CCO)[C@H](C)[C@H](O[Si](C(C)C)(C(C)C)C(C)C)[C@H]1C. The van der Waals surface area contributed by atoms with Gasteiger partial charge in [0.05, 0.1) is 18.3 Å². The molecular formula is C25H45NO4Si. The van der Waals surface area contributed by atoms with Gasteiger partial charge in [-0.25, -0.2) is 4.98 Å². The lowest BCUT2D eigenvalue weighted by Gasteiger charge is -2.52. The Kier molecular flexibility index (Phi) is 9.14. The van der Waals surface area contributed by atoms with Gasteiger partial charge in [-0.2, -0.15) is 0 Å². The molecule has 31 heavy (non-hydrogen) atoms. The summed E-state index contributed by atoms with van der Waals surface area (Å²) in [6.45, 7) is 22.6. The Labute approximate surface area is 190 Å². The van der Waals surface area contributed by atoms with E-state index in [0.717, 1.165) is 11.3 Å². The largest absolute Gasteiger partial charge is 0.449 e. The van der Waals surface area contributed by atoms with Crippen molar-refractivity contribution in [3.05, 3.63) is 23.4 Å². The maximum Gasteiger partial charge on any atom is 0.200 e. The molecule has 2 rings (SSSR count). The first-order chi connectivity index (χ1) is 14.4. The Morgan fingerprint density at radius 2 is 1.71 bits per heavy atom. The quantitative estimate of drug-likeness (QED) is 0.442. The van der Waals surface area contributed by atoms with E-state index < -0.39 is 8.32 Å². The first-order valence-corrected chi connectivity index (χ1v) is 14.1. The summed E-state index contributed by atoms with van der Waals surface area (Å²) >= 11 is 0. The van der Waals surface area contributed by atoms with Crippen molar-refractivity contribution in [3.8, 4) is 0 Å². The van der Waals surface area contributed by atoms with Crippen LogP contribution in [0.3, 0.4) is 0 Å². The van der Waals surface area contributed by atoms with Crippen molar-refractivity contribution < 1.29 is 18.7 Å². The highest BCUT2D eigenvalue weighted by molar-refractivity contribution is 6.77. The van der Waals surface area contributed by atoms with Crippen LogP contribution in [0.2, 0.25) is 16.6 Å². The molecule has 6 heteroatoms. The average Bonchev–Trinajstić information content (AvgIpc) is 3.07. The molecule has 0 radical (unpaired) electrons. The van der Waals surface area contributed by atoms with E-state index in [1.165, 1.54) is 0 Å². The summed E-state index contributed by atoms with van der Waals surface area (Å²) in [7, 11) is -2.05. The number of ether oxygens (including phenoxy) is 1. The van der Waals surface area contributed by atoms with Gasteiger partial charge >= 0.3 is 0 Å². The second-order valence-electron chi connectivity index (χ2n) is 10.4. The smallest absolute Gasteiger partial charge is 0.200 e. The van der Waals surface area contributed by atoms with Crippen molar-refractivity contribution in [2.45, 2.75) is 111 Å². The molecule has 1 aromatic heterocycles. The van der Waals surface area contributed by atoms with E-state index >= 15 is 0 Å². The number of nitrogens with zero attached hydrogens (tertiary/aromatic N) is 1. The van der Waals surface area contributed by atoms with Crippen molar-refractivity contribution >= 4 is 14.4 Å². The van der Waals surface area contributed by atoms with E-state index in [2.05, 4.69) is 73.4 Å². The van der Waals surface area contributed by atoms with Gasteiger partial charge in [-0.1, -0.05) is 55.4 Å². The number of aliphatic hydroxyl groups is 1. The lowest BCUT2D eigenvalue weighted by Crippen LogP contribution is -2.58. The standard InChI is InChI=1S/C25H45NO4Si/c1-15(2)31(16(3)4,17(5)6)30-25-19(8)23(11-12-27)29-24(20(25)9)18(7)13-22-14-28-21(10)26-22/h13-17,19-20,23-25,27H,11-12H2,1-10H3/b18-13+/t19-,20-,23+,24-,25-/m0/s1. The molecule has 0 bridgehead atoms. The van der Waals surface area contributed by atoms with E-state index in [1.54, 1.807) is 6.26 Å². The molecule has 1 aliphatic rings. The van der Waals surface area contributed by atoms with Crippen LogP contribution in [0, 0.1) is 18.8 Å². The fourth-order valence-corrected chi connectivity index (χ4v) is 11.6. The molecule has 1 fully saturated rings. The van der Waals surface area contributed by atoms with Gasteiger partial charge < -0.3 is 18.7 Å². The first kappa shape index (κ1) is 26.3. The van der Waals surface area contributed by atoms with Gasteiger partial charge in [0.1, 0.15) is 12.0 Å². The Morgan fingerprint density at radius 1 is 1.13 bits per heavy atom. The maximum absolute atomic E-state index is 9.70. The van der Waals surface area contributed by atoms with E-state index in [1.807, 2.05) is 6.92 Å². The third-order valence-corrected chi connectivity index (χ3v) is 13.4. The molecule has 1 aliphatic heterocycles. The third kappa shape index (κ3) is 5.52. The predicted molar refractivity (Wildman–Crippen MR) is 130 cm³/mol. The van der Waals surface area contributed by atoms with Crippen LogP contribution in [0.25, 0.3) is 6.08 Å². The minimum absolute atomic E-state index is 0.0308. The summed E-state index contributed by atoms with van der Waals surface area (Å²) in [5.41, 5.74) is 3.52. The number of aryl methyl sites for hydroxylation is 1. The average molecular weight is 452 g/mol. The molecule has 1 N–H and O–H groups in total. The molecule has 0 aromatic carbocycles. The monoisotopic (exact) mass is 451 g/mol. The number of rotatable bonds is 9. The summed E-state index contributed by atoms with van der Waals surface area (Å²) < 4.78 is 19.3. The van der Waals surface area contributed by atoms with Crippen LogP contribution in [0.15, 0.2) is 16.3 Å². The molecule has 0 amide bonds. The lowest BCUT2D eigenvalue weighted by molar-refractivity contribution is -0.150. The zero-order valence-corrected chi connectivity index (χ0v) is 22.3. The highest BCUT2D eigenvalue weighted by Crippen LogP contribution is 2.47. The molecule has 0 aliphatic carbocycles. The maximum atomic E-state index is 9.70. The van der Waals surface area contributed by atoms with Crippen molar-refractivity contribution in [1.82, 2.24) is 4.98 Å². The minimum atomic E-state index is -2.05. The molecule has 0 saturated carbocycles. The summed E-state index contributed by atoms with van der Waals surface area (Å²) in [6.07, 6.45) is 4.35. The van der Waals surface area contributed by atoms with Gasteiger partial charge in [0.2, 0.25) is 8.32 Å². The number of oxazole rings is 1. The summed E-state index contributed by atoms with van der Waals surface area (Å²) in [5, 5.41) is 9.70. The van der Waals surface area contributed by atoms with E-state index in [9.17, 15) is 5.11 Å². The van der Waals surface area contributed by atoms with Gasteiger partial charge in [0.15, 0.2) is 5.89 Å². The fourth-order valence-electron chi connectivity index (χ4n) is 5.90. The molecule has 5 nitrogen and oxygen atoms in total. The molecule has 1 saturated heterocycles. The van der Waals surface area contributed by atoms with Gasteiger partial charge in [-0.3, -0.25) is 0 Å². The topological polar surface area (TPSA) is 64.7 Å².